The van der Waals surface area contributed by atoms with Gasteiger partial charge in [0.15, 0.2) is 5.82 Å². The fourth-order valence-corrected chi connectivity index (χ4v) is 6.92. The standard InChI is InChI=1S/C42H33N7O/c1-29-44-39-26-25-35(43)27-38(39)41(50)48(29)28-30-21-23-31(24-22-30)36-19-11-12-20-37(36)40-45-46-47-49(40)42(32-13-5-2-6-14-32,33-15-7-3-8-16-33)34-17-9-4-10-18-34/h2-27H,28,43H2,1H3. The van der Waals surface area contributed by atoms with E-state index in [1.807, 2.05) is 54.1 Å². The molecule has 2 N–H and O–H groups in total. The van der Waals surface area contributed by atoms with Gasteiger partial charge in [0.2, 0.25) is 0 Å². The average Bonchev–Trinajstić information content (AvgIpc) is 3.66. The second-order valence-electron chi connectivity index (χ2n) is 12.3. The van der Waals surface area contributed by atoms with Crippen molar-refractivity contribution in [2.45, 2.75) is 19.0 Å². The van der Waals surface area contributed by atoms with Crippen molar-refractivity contribution in [1.29, 1.82) is 0 Å². The van der Waals surface area contributed by atoms with Crippen LogP contribution in [0, 0.1) is 6.92 Å². The van der Waals surface area contributed by atoms with Gasteiger partial charge in [0.1, 0.15) is 11.4 Å². The Balaban J connectivity index is 1.24. The molecule has 0 aliphatic heterocycles. The molecule has 0 saturated carbocycles. The number of hydrogen-bond acceptors (Lipinski definition) is 6. The molecule has 0 saturated heterocycles. The van der Waals surface area contributed by atoms with Crippen molar-refractivity contribution in [2.75, 3.05) is 5.73 Å². The number of anilines is 1. The van der Waals surface area contributed by atoms with Crippen molar-refractivity contribution in [1.82, 2.24) is 29.8 Å². The molecule has 0 amide bonds. The number of aryl methyl sites for hydroxylation is 1. The maximum atomic E-state index is 13.4. The summed E-state index contributed by atoms with van der Waals surface area (Å²) in [6.45, 7) is 2.24. The van der Waals surface area contributed by atoms with Gasteiger partial charge in [-0.25, -0.2) is 9.67 Å². The molecule has 8 rings (SSSR count). The summed E-state index contributed by atoms with van der Waals surface area (Å²) in [5.74, 6) is 1.28. The van der Waals surface area contributed by atoms with Crippen LogP contribution in [0.4, 0.5) is 5.69 Å². The third-order valence-electron chi connectivity index (χ3n) is 9.30. The van der Waals surface area contributed by atoms with Gasteiger partial charge in [0, 0.05) is 11.3 Å². The molecule has 6 aromatic carbocycles. The third kappa shape index (κ3) is 5.23. The minimum atomic E-state index is -0.872. The SMILES string of the molecule is Cc1nc2ccc(N)cc2c(=O)n1Cc1ccc(-c2ccccc2-c2nnnn2C(c2ccccc2)(c2ccccc2)c2ccccc2)cc1. The van der Waals surface area contributed by atoms with Crippen LogP contribution in [0.3, 0.4) is 0 Å². The van der Waals surface area contributed by atoms with Crippen molar-refractivity contribution in [3.05, 3.63) is 196 Å². The van der Waals surface area contributed by atoms with Crippen LogP contribution in [-0.2, 0) is 12.1 Å². The van der Waals surface area contributed by atoms with E-state index in [0.29, 0.717) is 34.8 Å². The van der Waals surface area contributed by atoms with E-state index in [1.165, 1.54) is 0 Å². The fourth-order valence-electron chi connectivity index (χ4n) is 6.92. The van der Waals surface area contributed by atoms with Crippen LogP contribution in [-0.4, -0.2) is 29.8 Å². The van der Waals surface area contributed by atoms with Crippen LogP contribution in [0.15, 0.2) is 163 Å². The van der Waals surface area contributed by atoms with Crippen LogP contribution in [0.2, 0.25) is 0 Å². The molecular formula is C42H33N7O. The number of nitrogen functional groups attached to an aromatic ring is 1. The zero-order chi connectivity index (χ0) is 34.1. The fraction of sp³-hybridized carbons (Fsp3) is 0.0714. The molecular weight excluding hydrogens is 619 g/mol. The van der Waals surface area contributed by atoms with Gasteiger partial charge in [0.25, 0.3) is 5.56 Å². The lowest BCUT2D eigenvalue weighted by atomic mass is 9.77. The zero-order valence-corrected chi connectivity index (χ0v) is 27.4. The summed E-state index contributed by atoms with van der Waals surface area (Å²) < 4.78 is 3.64. The number of tetrazole rings is 1. The van der Waals surface area contributed by atoms with E-state index in [2.05, 4.69) is 112 Å². The number of hydrogen-bond donors (Lipinski definition) is 1. The van der Waals surface area contributed by atoms with E-state index in [4.69, 9.17) is 10.9 Å². The first kappa shape index (κ1) is 30.7. The van der Waals surface area contributed by atoms with Crippen LogP contribution in [0.5, 0.6) is 0 Å². The van der Waals surface area contributed by atoms with Crippen molar-refractivity contribution in [3.8, 4) is 22.5 Å². The lowest BCUT2D eigenvalue weighted by Gasteiger charge is -2.36. The van der Waals surface area contributed by atoms with Gasteiger partial charge < -0.3 is 5.73 Å². The number of fused-ring (bicyclic) bond motifs is 1. The molecule has 0 atom stereocenters. The number of rotatable bonds is 8. The largest absolute Gasteiger partial charge is 0.399 e. The van der Waals surface area contributed by atoms with E-state index in [0.717, 1.165) is 38.9 Å². The minimum absolute atomic E-state index is 0.111. The van der Waals surface area contributed by atoms with Crippen LogP contribution >= 0.6 is 0 Å². The van der Waals surface area contributed by atoms with Gasteiger partial charge in [0.05, 0.1) is 17.4 Å². The van der Waals surface area contributed by atoms with Crippen molar-refractivity contribution >= 4 is 16.6 Å². The van der Waals surface area contributed by atoms with E-state index in [1.54, 1.807) is 22.8 Å². The maximum Gasteiger partial charge on any atom is 0.261 e. The smallest absolute Gasteiger partial charge is 0.261 e. The molecule has 0 spiro atoms. The number of nitrogens with zero attached hydrogens (tertiary/aromatic N) is 6. The third-order valence-corrected chi connectivity index (χ3v) is 9.30. The van der Waals surface area contributed by atoms with Crippen LogP contribution < -0.4 is 11.3 Å². The zero-order valence-electron chi connectivity index (χ0n) is 27.4. The van der Waals surface area contributed by atoms with Crippen LogP contribution in [0.25, 0.3) is 33.4 Å². The van der Waals surface area contributed by atoms with Gasteiger partial charge >= 0.3 is 0 Å². The van der Waals surface area contributed by atoms with Gasteiger partial charge in [-0.2, -0.15) is 0 Å². The summed E-state index contributed by atoms with van der Waals surface area (Å²) in [4.78, 5) is 18.1. The highest BCUT2D eigenvalue weighted by Gasteiger charge is 2.42. The highest BCUT2D eigenvalue weighted by Crippen LogP contribution is 2.43. The van der Waals surface area contributed by atoms with E-state index in [-0.39, 0.29) is 5.56 Å². The molecule has 0 aliphatic rings. The molecule has 2 aromatic heterocycles. The molecule has 0 unspecified atom stereocenters. The molecule has 0 bridgehead atoms. The number of aromatic nitrogens is 6. The van der Waals surface area contributed by atoms with Crippen LogP contribution in [0.1, 0.15) is 28.1 Å². The number of benzene rings is 6. The minimum Gasteiger partial charge on any atom is -0.399 e. The lowest BCUT2D eigenvalue weighted by Crippen LogP contribution is -2.39. The highest BCUT2D eigenvalue weighted by molar-refractivity contribution is 5.82. The van der Waals surface area contributed by atoms with Gasteiger partial charge in [-0.1, -0.05) is 140 Å². The van der Waals surface area contributed by atoms with Crippen molar-refractivity contribution in [2.24, 2.45) is 0 Å². The molecule has 8 nitrogen and oxygen atoms in total. The Morgan fingerprint density at radius 3 is 1.82 bits per heavy atom. The first-order valence-corrected chi connectivity index (χ1v) is 16.4. The Kier molecular flexibility index (Phi) is 7.81. The molecule has 242 valence electrons. The molecule has 50 heavy (non-hydrogen) atoms. The van der Waals surface area contributed by atoms with E-state index >= 15 is 0 Å². The maximum absolute atomic E-state index is 13.4. The lowest BCUT2D eigenvalue weighted by molar-refractivity contribution is 0.451. The molecule has 8 aromatic rings. The number of nitrogens with two attached hydrogens (primary N) is 1. The summed E-state index contributed by atoms with van der Waals surface area (Å²) in [6, 6.07) is 52.8. The normalized spacial score (nSPS) is 11.5. The molecule has 2 heterocycles. The Morgan fingerprint density at radius 2 is 1.22 bits per heavy atom. The predicted octanol–water partition coefficient (Wildman–Crippen LogP) is 7.50. The first-order chi connectivity index (χ1) is 24.5. The van der Waals surface area contributed by atoms with Gasteiger partial charge in [-0.15, -0.1) is 5.10 Å². The summed E-state index contributed by atoms with van der Waals surface area (Å²) in [5.41, 5.74) is 13.1. The van der Waals surface area contributed by atoms with Crippen molar-refractivity contribution in [3.63, 3.8) is 0 Å². The highest BCUT2D eigenvalue weighted by atomic mass is 16.1. The average molecular weight is 652 g/mol. The second kappa shape index (κ2) is 12.7. The molecule has 0 aliphatic carbocycles. The van der Waals surface area contributed by atoms with E-state index < -0.39 is 5.54 Å². The second-order valence-corrected chi connectivity index (χ2v) is 12.3. The topological polar surface area (TPSA) is 105 Å². The van der Waals surface area contributed by atoms with Crippen molar-refractivity contribution < 1.29 is 0 Å². The monoisotopic (exact) mass is 651 g/mol. The van der Waals surface area contributed by atoms with E-state index in [9.17, 15) is 4.79 Å². The summed E-state index contributed by atoms with van der Waals surface area (Å²) in [5, 5.41) is 14.2. The summed E-state index contributed by atoms with van der Waals surface area (Å²) >= 11 is 0. The van der Waals surface area contributed by atoms with Gasteiger partial charge in [-0.05, 0) is 68.9 Å². The first-order valence-electron chi connectivity index (χ1n) is 16.4. The Morgan fingerprint density at radius 1 is 0.660 bits per heavy atom. The summed E-state index contributed by atoms with van der Waals surface area (Å²) in [6.07, 6.45) is 0. The quantitative estimate of drug-likeness (QED) is 0.135. The molecule has 8 heteroatoms. The van der Waals surface area contributed by atoms with Gasteiger partial charge in [-0.3, -0.25) is 9.36 Å². The Labute approximate surface area is 289 Å². The molecule has 0 fully saturated rings. The predicted molar refractivity (Wildman–Crippen MR) is 198 cm³/mol. The molecule has 0 radical (unpaired) electrons. The summed E-state index contributed by atoms with van der Waals surface area (Å²) in [7, 11) is 0. The Hall–Kier alpha value is -6.67. The Bertz CT molecular complexity index is 2390.